The lowest BCUT2D eigenvalue weighted by Gasteiger charge is -2.04. The van der Waals surface area contributed by atoms with Gasteiger partial charge >= 0.3 is 0 Å². The summed E-state index contributed by atoms with van der Waals surface area (Å²) in [5, 5.41) is 0.947. The number of aromatic nitrogens is 2. The van der Waals surface area contributed by atoms with Gasteiger partial charge in [-0.1, -0.05) is 13.3 Å². The molecule has 2 aromatic heterocycles. The molecule has 0 saturated carbocycles. The number of nitrogens with two attached hydrogens (primary N) is 1. The predicted molar refractivity (Wildman–Crippen MR) is 87.7 cm³/mol. The third-order valence-corrected chi connectivity index (χ3v) is 4.23. The van der Waals surface area contributed by atoms with Gasteiger partial charge in [0, 0.05) is 11.8 Å². The molecule has 0 aliphatic heterocycles. The van der Waals surface area contributed by atoms with Crippen LogP contribution < -0.4 is 10.5 Å². The van der Waals surface area contributed by atoms with Crippen LogP contribution in [0.3, 0.4) is 0 Å². The number of pyridine rings is 1. The number of anilines is 1. The first-order chi connectivity index (χ1) is 10.3. The van der Waals surface area contributed by atoms with E-state index in [0.29, 0.717) is 5.82 Å². The first kappa shape index (κ1) is 13.8. The van der Waals surface area contributed by atoms with E-state index in [-0.39, 0.29) is 0 Å². The highest BCUT2D eigenvalue weighted by Crippen LogP contribution is 2.32. The highest BCUT2D eigenvalue weighted by Gasteiger charge is 2.07. The Morgan fingerprint density at radius 3 is 2.90 bits per heavy atom. The highest BCUT2D eigenvalue weighted by molar-refractivity contribution is 7.21. The van der Waals surface area contributed by atoms with Crippen molar-refractivity contribution in [3.63, 3.8) is 0 Å². The Hall–Kier alpha value is -2.14. The first-order valence-electron chi connectivity index (χ1n) is 7.01. The monoisotopic (exact) mass is 299 g/mol. The number of thiazole rings is 1. The minimum atomic E-state index is 0.520. The molecule has 5 heteroatoms. The van der Waals surface area contributed by atoms with E-state index in [1.807, 2.05) is 18.2 Å². The number of hydrogen-bond acceptors (Lipinski definition) is 5. The molecule has 0 fully saturated rings. The lowest BCUT2D eigenvalue weighted by molar-refractivity contribution is 0.310. The third-order valence-electron chi connectivity index (χ3n) is 3.16. The summed E-state index contributed by atoms with van der Waals surface area (Å²) in [6, 6.07) is 9.76. The van der Waals surface area contributed by atoms with Crippen molar-refractivity contribution in [2.24, 2.45) is 0 Å². The van der Waals surface area contributed by atoms with Gasteiger partial charge in [-0.3, -0.25) is 0 Å². The highest BCUT2D eigenvalue weighted by atomic mass is 32.1. The molecule has 0 unspecified atom stereocenters. The predicted octanol–water partition coefficient (Wildman–Crippen LogP) is 4.12. The molecule has 0 atom stereocenters. The molecule has 0 bridgehead atoms. The van der Waals surface area contributed by atoms with E-state index in [1.165, 1.54) is 0 Å². The van der Waals surface area contributed by atoms with Crippen LogP contribution in [0.1, 0.15) is 19.8 Å². The van der Waals surface area contributed by atoms with Crippen LogP contribution in [0.4, 0.5) is 5.82 Å². The molecule has 21 heavy (non-hydrogen) atoms. The standard InChI is InChI=1S/C16H17N3OS/c1-2-3-8-20-12-5-6-13-14(9-12)21-16(19-13)11-4-7-15(17)18-10-11/h4-7,9-10H,2-3,8H2,1H3,(H2,17,18). The maximum Gasteiger partial charge on any atom is 0.126 e. The Kier molecular flexibility index (Phi) is 4.01. The minimum Gasteiger partial charge on any atom is -0.494 e. The van der Waals surface area contributed by atoms with Crippen LogP contribution in [-0.4, -0.2) is 16.6 Å². The lowest BCUT2D eigenvalue weighted by atomic mass is 10.3. The normalized spacial score (nSPS) is 10.9. The van der Waals surface area contributed by atoms with Crippen LogP contribution in [-0.2, 0) is 0 Å². The molecular formula is C16H17N3OS. The van der Waals surface area contributed by atoms with Crippen molar-refractivity contribution in [2.45, 2.75) is 19.8 Å². The van der Waals surface area contributed by atoms with Gasteiger partial charge in [0.15, 0.2) is 0 Å². The summed E-state index contributed by atoms with van der Waals surface area (Å²) in [7, 11) is 0. The van der Waals surface area contributed by atoms with Gasteiger partial charge in [-0.15, -0.1) is 11.3 Å². The second kappa shape index (κ2) is 6.10. The number of benzene rings is 1. The number of rotatable bonds is 5. The van der Waals surface area contributed by atoms with Gasteiger partial charge in [0.25, 0.3) is 0 Å². The van der Waals surface area contributed by atoms with E-state index in [4.69, 9.17) is 10.5 Å². The Morgan fingerprint density at radius 1 is 1.24 bits per heavy atom. The second-order valence-electron chi connectivity index (χ2n) is 4.82. The molecule has 0 radical (unpaired) electrons. The summed E-state index contributed by atoms with van der Waals surface area (Å²) in [4.78, 5) is 8.75. The van der Waals surface area contributed by atoms with Crippen LogP contribution in [0, 0.1) is 0 Å². The fourth-order valence-corrected chi connectivity index (χ4v) is 2.97. The molecule has 4 nitrogen and oxygen atoms in total. The largest absolute Gasteiger partial charge is 0.494 e. The summed E-state index contributed by atoms with van der Waals surface area (Å²) in [6.07, 6.45) is 3.96. The van der Waals surface area contributed by atoms with Crippen LogP contribution >= 0.6 is 11.3 Å². The van der Waals surface area contributed by atoms with Crippen molar-refractivity contribution >= 4 is 27.4 Å². The first-order valence-corrected chi connectivity index (χ1v) is 7.83. The van der Waals surface area contributed by atoms with Crippen molar-refractivity contribution in [2.75, 3.05) is 12.3 Å². The summed E-state index contributed by atoms with van der Waals surface area (Å²) in [5.74, 6) is 1.42. The topological polar surface area (TPSA) is 61.0 Å². The summed E-state index contributed by atoms with van der Waals surface area (Å²) < 4.78 is 6.86. The van der Waals surface area contributed by atoms with Crippen molar-refractivity contribution in [3.8, 4) is 16.3 Å². The Balaban J connectivity index is 1.87. The molecule has 0 aliphatic carbocycles. The smallest absolute Gasteiger partial charge is 0.126 e. The van der Waals surface area contributed by atoms with Crippen molar-refractivity contribution in [1.82, 2.24) is 9.97 Å². The second-order valence-corrected chi connectivity index (χ2v) is 5.85. The number of hydrogen-bond donors (Lipinski definition) is 1. The molecular weight excluding hydrogens is 282 g/mol. The van der Waals surface area contributed by atoms with Crippen LogP contribution in [0.2, 0.25) is 0 Å². The van der Waals surface area contributed by atoms with Crippen LogP contribution in [0.25, 0.3) is 20.8 Å². The number of fused-ring (bicyclic) bond motifs is 1. The third kappa shape index (κ3) is 3.13. The average molecular weight is 299 g/mol. The van der Waals surface area contributed by atoms with E-state index in [0.717, 1.165) is 46.0 Å². The molecule has 0 amide bonds. The molecule has 0 saturated heterocycles. The molecule has 0 aliphatic rings. The summed E-state index contributed by atoms with van der Waals surface area (Å²) in [5.41, 5.74) is 7.58. The minimum absolute atomic E-state index is 0.520. The fraction of sp³-hybridized carbons (Fsp3) is 0.250. The van der Waals surface area contributed by atoms with Crippen molar-refractivity contribution in [3.05, 3.63) is 36.5 Å². The molecule has 0 spiro atoms. The van der Waals surface area contributed by atoms with Crippen LogP contribution in [0.15, 0.2) is 36.5 Å². The maximum absolute atomic E-state index is 5.74. The van der Waals surface area contributed by atoms with E-state index >= 15 is 0 Å². The zero-order valence-corrected chi connectivity index (χ0v) is 12.7. The van der Waals surface area contributed by atoms with Gasteiger partial charge in [0.1, 0.15) is 16.6 Å². The summed E-state index contributed by atoms with van der Waals surface area (Å²) in [6.45, 7) is 2.91. The van der Waals surface area contributed by atoms with E-state index in [9.17, 15) is 0 Å². The average Bonchev–Trinajstić information content (AvgIpc) is 2.91. The quantitative estimate of drug-likeness (QED) is 0.720. The summed E-state index contributed by atoms with van der Waals surface area (Å²) >= 11 is 1.64. The number of ether oxygens (including phenoxy) is 1. The van der Waals surface area contributed by atoms with Gasteiger partial charge in [-0.2, -0.15) is 0 Å². The lowest BCUT2D eigenvalue weighted by Crippen LogP contribution is -1.95. The van der Waals surface area contributed by atoms with Crippen LogP contribution in [0.5, 0.6) is 5.75 Å². The van der Waals surface area contributed by atoms with Crippen molar-refractivity contribution in [1.29, 1.82) is 0 Å². The molecule has 108 valence electrons. The van der Waals surface area contributed by atoms with Gasteiger partial charge in [-0.25, -0.2) is 9.97 Å². The molecule has 3 aromatic rings. The zero-order valence-electron chi connectivity index (χ0n) is 11.9. The molecule has 2 heterocycles. The molecule has 2 N–H and O–H groups in total. The Labute approximate surface area is 127 Å². The van der Waals surface area contributed by atoms with Gasteiger partial charge in [0.2, 0.25) is 0 Å². The molecule has 1 aromatic carbocycles. The zero-order chi connectivity index (χ0) is 14.7. The Morgan fingerprint density at radius 2 is 2.14 bits per heavy atom. The van der Waals surface area contributed by atoms with E-state index in [1.54, 1.807) is 23.6 Å². The van der Waals surface area contributed by atoms with Gasteiger partial charge in [-0.05, 0) is 36.8 Å². The van der Waals surface area contributed by atoms with E-state index in [2.05, 4.69) is 23.0 Å². The number of nitrogens with zero attached hydrogens (tertiary/aromatic N) is 2. The van der Waals surface area contributed by atoms with Gasteiger partial charge in [0.05, 0.1) is 16.8 Å². The maximum atomic E-state index is 5.74. The van der Waals surface area contributed by atoms with Gasteiger partial charge < -0.3 is 10.5 Å². The number of nitrogen functional groups attached to an aromatic ring is 1. The molecule has 3 rings (SSSR count). The van der Waals surface area contributed by atoms with Crippen molar-refractivity contribution < 1.29 is 4.74 Å². The van der Waals surface area contributed by atoms with E-state index < -0.39 is 0 Å². The fourth-order valence-electron chi connectivity index (χ4n) is 1.98. The SMILES string of the molecule is CCCCOc1ccc2nc(-c3ccc(N)nc3)sc2c1. The number of unbranched alkanes of at least 4 members (excludes halogenated alkanes) is 1. The Bertz CT molecular complexity index is 737.